The minimum absolute atomic E-state index is 0.0898. The van der Waals surface area contributed by atoms with Gasteiger partial charge in [-0.2, -0.15) is 0 Å². The number of amides is 2. The summed E-state index contributed by atoms with van der Waals surface area (Å²) < 4.78 is 10.4. The molecular formula is C22H32ClN7O4. The Morgan fingerprint density at radius 2 is 2.00 bits per heavy atom. The summed E-state index contributed by atoms with van der Waals surface area (Å²) in [6.45, 7) is 6.26. The number of hydrazine groups is 1. The number of aliphatic hydroxyl groups excluding tert-OH is 1. The average molecular weight is 494 g/mol. The minimum atomic E-state index is -0.579. The monoisotopic (exact) mass is 493 g/mol. The molecule has 0 radical (unpaired) electrons. The van der Waals surface area contributed by atoms with E-state index >= 15 is 0 Å². The molecule has 2 aromatic rings. The van der Waals surface area contributed by atoms with E-state index in [-0.39, 0.29) is 36.7 Å². The van der Waals surface area contributed by atoms with Crippen LogP contribution in [0.5, 0.6) is 5.88 Å². The van der Waals surface area contributed by atoms with Crippen molar-refractivity contribution in [3.8, 4) is 5.88 Å². The number of methoxy groups -OCH3 is 1. The third kappa shape index (κ3) is 7.44. The van der Waals surface area contributed by atoms with Gasteiger partial charge >= 0.3 is 6.03 Å². The fourth-order valence-corrected chi connectivity index (χ4v) is 3.38. The van der Waals surface area contributed by atoms with Gasteiger partial charge < -0.3 is 30.6 Å². The Morgan fingerprint density at radius 3 is 2.59 bits per heavy atom. The highest BCUT2D eigenvalue weighted by molar-refractivity contribution is 6.29. The number of nitrogens with zero attached hydrogens (tertiary/aromatic N) is 3. The minimum Gasteiger partial charge on any atom is -0.475 e. The fourth-order valence-electron chi connectivity index (χ4n) is 3.18. The summed E-state index contributed by atoms with van der Waals surface area (Å²) >= 11 is 6.05. The van der Waals surface area contributed by atoms with Crippen molar-refractivity contribution in [2.75, 3.05) is 56.2 Å². The molecule has 0 aliphatic rings. The second-order valence-electron chi connectivity index (χ2n) is 7.62. The second kappa shape index (κ2) is 12.9. The molecule has 0 atom stereocenters. The van der Waals surface area contributed by atoms with Crippen LogP contribution in [0.1, 0.15) is 37.8 Å². The maximum atomic E-state index is 12.8. The van der Waals surface area contributed by atoms with E-state index in [0.29, 0.717) is 35.2 Å². The first-order valence-electron chi connectivity index (χ1n) is 10.7. The van der Waals surface area contributed by atoms with E-state index in [1.807, 2.05) is 13.8 Å². The Morgan fingerprint density at radius 1 is 1.26 bits per heavy atom. The summed E-state index contributed by atoms with van der Waals surface area (Å²) in [7, 11) is 3.28. The molecule has 0 spiro atoms. The summed E-state index contributed by atoms with van der Waals surface area (Å²) in [4.78, 5) is 21.4. The molecule has 0 fully saturated rings. The Kier molecular flexibility index (Phi) is 10.3. The molecule has 0 saturated carbocycles. The molecule has 0 aliphatic heterocycles. The van der Waals surface area contributed by atoms with Crippen molar-refractivity contribution in [1.82, 2.24) is 15.4 Å². The summed E-state index contributed by atoms with van der Waals surface area (Å²) in [5.41, 5.74) is 5.05. The maximum absolute atomic E-state index is 12.8. The lowest BCUT2D eigenvalue weighted by Gasteiger charge is -2.26. The van der Waals surface area contributed by atoms with Crippen LogP contribution in [-0.2, 0) is 4.74 Å². The number of anilines is 3. The van der Waals surface area contributed by atoms with Gasteiger partial charge in [0.2, 0.25) is 5.88 Å². The second-order valence-corrected chi connectivity index (χ2v) is 8.01. The quantitative estimate of drug-likeness (QED) is 0.131. The molecule has 5 N–H and O–H groups in total. The van der Waals surface area contributed by atoms with E-state index in [4.69, 9.17) is 26.5 Å². The van der Waals surface area contributed by atoms with Gasteiger partial charge in [-0.3, -0.25) is 5.01 Å². The van der Waals surface area contributed by atoms with E-state index < -0.39 is 6.03 Å². The third-order valence-corrected chi connectivity index (χ3v) is 4.87. The molecule has 12 heteroatoms. The van der Waals surface area contributed by atoms with Gasteiger partial charge in [-0.25, -0.2) is 20.2 Å². The Hall–Kier alpha value is -3.15. The zero-order valence-electron chi connectivity index (χ0n) is 20.0. The van der Waals surface area contributed by atoms with E-state index in [0.717, 1.165) is 5.56 Å². The molecule has 0 bridgehead atoms. The maximum Gasteiger partial charge on any atom is 0.338 e. The van der Waals surface area contributed by atoms with E-state index in [1.54, 1.807) is 27.1 Å². The Bertz CT molecular complexity index is 1000. The first kappa shape index (κ1) is 27.1. The number of rotatable bonds is 12. The number of nitrogens with one attached hydrogen (secondary N) is 4. The topological polar surface area (TPSA) is 145 Å². The highest BCUT2D eigenvalue weighted by atomic mass is 35.5. The lowest BCUT2D eigenvalue weighted by Crippen LogP contribution is -2.46. The van der Waals surface area contributed by atoms with Crippen LogP contribution in [0.25, 0.3) is 0 Å². The van der Waals surface area contributed by atoms with Crippen LogP contribution in [0.4, 0.5) is 22.1 Å². The number of aromatic nitrogens is 2. The normalized spacial score (nSPS) is 10.7. The number of hydrogen-bond donors (Lipinski definition) is 5. The third-order valence-electron chi connectivity index (χ3n) is 4.67. The number of carbonyl (C=O) groups is 1. The predicted molar refractivity (Wildman–Crippen MR) is 134 cm³/mol. The number of hydrogen-bond acceptors (Lipinski definition) is 9. The van der Waals surface area contributed by atoms with E-state index in [2.05, 4.69) is 26.0 Å². The van der Waals surface area contributed by atoms with Crippen molar-refractivity contribution in [1.29, 1.82) is 5.41 Å². The Balaban J connectivity index is 2.27. The van der Waals surface area contributed by atoms with Gasteiger partial charge in [0.05, 0.1) is 25.4 Å². The van der Waals surface area contributed by atoms with Crippen LogP contribution in [0.2, 0.25) is 5.15 Å². The number of pyridine rings is 2. The van der Waals surface area contributed by atoms with Crippen molar-refractivity contribution < 1.29 is 19.4 Å². The van der Waals surface area contributed by atoms with Crippen LogP contribution in [0, 0.1) is 5.41 Å². The van der Waals surface area contributed by atoms with Gasteiger partial charge in [0.15, 0.2) is 0 Å². The highest BCUT2D eigenvalue weighted by Crippen LogP contribution is 2.29. The van der Waals surface area contributed by atoms with Crippen LogP contribution in [0.15, 0.2) is 18.2 Å². The van der Waals surface area contributed by atoms with Crippen LogP contribution in [0.3, 0.4) is 0 Å². The summed E-state index contributed by atoms with van der Waals surface area (Å²) in [6, 6.07) is 4.24. The van der Waals surface area contributed by atoms with Crippen LogP contribution in [-0.4, -0.2) is 67.3 Å². The van der Waals surface area contributed by atoms with Gasteiger partial charge in [0.1, 0.15) is 23.4 Å². The van der Waals surface area contributed by atoms with Crippen molar-refractivity contribution in [2.24, 2.45) is 0 Å². The van der Waals surface area contributed by atoms with Crippen LogP contribution < -0.4 is 25.8 Å². The van der Waals surface area contributed by atoms with Crippen molar-refractivity contribution >= 4 is 40.7 Å². The lowest BCUT2D eigenvalue weighted by molar-refractivity contribution is 0.144. The number of ether oxygens (including phenoxy) is 2. The molecule has 0 unspecified atom stereocenters. The highest BCUT2D eigenvalue weighted by Gasteiger charge is 2.20. The van der Waals surface area contributed by atoms with Crippen molar-refractivity contribution in [2.45, 2.75) is 26.7 Å². The first-order valence-corrected chi connectivity index (χ1v) is 11.1. The number of urea groups is 1. The molecule has 34 heavy (non-hydrogen) atoms. The largest absolute Gasteiger partial charge is 0.475 e. The molecule has 186 valence electrons. The molecule has 11 nitrogen and oxygen atoms in total. The van der Waals surface area contributed by atoms with Crippen molar-refractivity contribution in [3.63, 3.8) is 0 Å². The average Bonchev–Trinajstić information content (AvgIpc) is 2.77. The SMILES string of the molecule is CNc1nc(N(CCO)NC(=O)Nc2cc(Cl)nc(OCCOC)c2)cc(C(C)C)c1C(C)=N. The van der Waals surface area contributed by atoms with E-state index in [1.165, 1.54) is 17.1 Å². The van der Waals surface area contributed by atoms with Gasteiger partial charge in [0, 0.05) is 31.5 Å². The molecule has 0 aliphatic carbocycles. The number of halogens is 1. The summed E-state index contributed by atoms with van der Waals surface area (Å²) in [5.74, 6) is 1.27. The molecular weight excluding hydrogens is 462 g/mol. The lowest BCUT2D eigenvalue weighted by atomic mass is 9.95. The van der Waals surface area contributed by atoms with E-state index in [9.17, 15) is 9.90 Å². The molecule has 2 amide bonds. The molecule has 0 aromatic carbocycles. The van der Waals surface area contributed by atoms with Crippen molar-refractivity contribution in [3.05, 3.63) is 34.5 Å². The zero-order chi connectivity index (χ0) is 25.3. The summed E-state index contributed by atoms with van der Waals surface area (Å²) in [6.07, 6.45) is 0. The fraction of sp³-hybridized carbons (Fsp3) is 0.455. The van der Waals surface area contributed by atoms with Gasteiger partial charge in [-0.15, -0.1) is 0 Å². The zero-order valence-corrected chi connectivity index (χ0v) is 20.8. The number of carbonyl (C=O) groups excluding carboxylic acids is 1. The molecule has 2 rings (SSSR count). The van der Waals surface area contributed by atoms with Gasteiger partial charge in [-0.1, -0.05) is 25.4 Å². The number of aliphatic hydroxyl groups is 1. The van der Waals surface area contributed by atoms with Crippen LogP contribution >= 0.6 is 11.6 Å². The smallest absolute Gasteiger partial charge is 0.338 e. The van der Waals surface area contributed by atoms with Gasteiger partial charge in [-0.05, 0) is 30.5 Å². The van der Waals surface area contributed by atoms with Gasteiger partial charge in [0.25, 0.3) is 0 Å². The molecule has 2 heterocycles. The molecule has 2 aromatic heterocycles. The molecule has 0 saturated heterocycles. The Labute approximate surface area is 204 Å². The standard InChI is InChI=1S/C22H32ClN7O4/c1-13(2)16-12-18(28-21(25-4)20(16)14(3)24)30(6-7-31)29-22(32)26-15-10-17(23)27-19(11-15)34-9-8-33-5/h10-13,24,31H,6-9H2,1-5H3,(H,25,28)(H2,26,27,29,32). The summed E-state index contributed by atoms with van der Waals surface area (Å²) in [5, 5.41) is 25.0. The first-order chi connectivity index (χ1) is 16.2. The predicted octanol–water partition coefficient (Wildman–Crippen LogP) is 3.24.